The number of likely N-dealkylation sites (N-methyl/N-ethyl adjacent to an activating group) is 1. The van der Waals surface area contributed by atoms with Crippen molar-refractivity contribution in [2.75, 3.05) is 26.7 Å². The van der Waals surface area contributed by atoms with Crippen LogP contribution in [0.2, 0.25) is 0 Å². The summed E-state index contributed by atoms with van der Waals surface area (Å²) < 4.78 is 34.6. The number of benzene rings is 1. The number of nitrogens with zero attached hydrogens (tertiary/aromatic N) is 2. The summed E-state index contributed by atoms with van der Waals surface area (Å²) in [5.41, 5.74) is 0.704. The van der Waals surface area contributed by atoms with E-state index in [-0.39, 0.29) is 35.6 Å². The van der Waals surface area contributed by atoms with E-state index in [1.54, 1.807) is 37.1 Å². The van der Waals surface area contributed by atoms with Crippen LogP contribution in [-0.2, 0) is 14.8 Å². The topological polar surface area (TPSA) is 87.2 Å². The smallest absolute Gasteiger partial charge is 0.247 e. The van der Waals surface area contributed by atoms with Crippen LogP contribution in [-0.4, -0.2) is 67.5 Å². The maximum Gasteiger partial charge on any atom is 0.247 e. The highest BCUT2D eigenvalue weighted by Crippen LogP contribution is 2.34. The summed E-state index contributed by atoms with van der Waals surface area (Å²) in [5.74, 6) is 7.02. The van der Waals surface area contributed by atoms with E-state index in [2.05, 4.69) is 11.8 Å². The van der Waals surface area contributed by atoms with E-state index in [4.69, 9.17) is 4.74 Å². The summed E-state index contributed by atoms with van der Waals surface area (Å²) in [6.45, 7) is 5.31. The molecule has 1 aromatic rings. The third kappa shape index (κ3) is 6.08. The van der Waals surface area contributed by atoms with Crippen molar-refractivity contribution >= 4 is 15.9 Å². The zero-order chi connectivity index (χ0) is 24.2. The zero-order valence-corrected chi connectivity index (χ0v) is 20.9. The van der Waals surface area contributed by atoms with Crippen LogP contribution < -0.4 is 4.74 Å². The van der Waals surface area contributed by atoms with Crippen LogP contribution in [0, 0.1) is 23.7 Å². The van der Waals surface area contributed by atoms with Crippen molar-refractivity contribution in [1.82, 2.24) is 9.21 Å². The second-order valence-electron chi connectivity index (χ2n) is 9.46. The van der Waals surface area contributed by atoms with Gasteiger partial charge in [0.1, 0.15) is 16.7 Å². The Bertz CT molecular complexity index is 1010. The molecule has 0 unspecified atom stereocenters. The minimum Gasteiger partial charge on any atom is -0.487 e. The molecule has 0 aromatic heterocycles. The standard InChI is InChI=1S/C25H36N2O5S/c1-18-15-27(19(2)17-28)33(30,31)25-13-12-22(11-7-10-21-8-5-6-9-21)14-23(25)32-24(18)16-26(4)20(3)29/h12-14,18-19,21,24,28H,5-6,8-10,15-17H2,1-4H3/t18-,19+,24-/m1/s1. The molecule has 1 aliphatic carbocycles. The van der Waals surface area contributed by atoms with Crippen LogP contribution in [0.1, 0.15) is 58.4 Å². The number of amides is 1. The summed E-state index contributed by atoms with van der Waals surface area (Å²) in [7, 11) is -2.18. The van der Waals surface area contributed by atoms with Gasteiger partial charge in [-0.15, -0.1) is 0 Å². The Morgan fingerprint density at radius 2 is 2.03 bits per heavy atom. The fourth-order valence-corrected chi connectivity index (χ4v) is 6.26. The van der Waals surface area contributed by atoms with Crippen molar-refractivity contribution in [3.63, 3.8) is 0 Å². The van der Waals surface area contributed by atoms with E-state index in [1.165, 1.54) is 36.9 Å². The molecule has 1 aromatic carbocycles. The van der Waals surface area contributed by atoms with Crippen molar-refractivity contribution in [3.05, 3.63) is 23.8 Å². The predicted octanol–water partition coefficient (Wildman–Crippen LogP) is 2.87. The molecule has 1 fully saturated rings. The van der Waals surface area contributed by atoms with Gasteiger partial charge in [-0.25, -0.2) is 8.42 Å². The Balaban J connectivity index is 1.98. The Morgan fingerprint density at radius 3 is 2.67 bits per heavy atom. The summed E-state index contributed by atoms with van der Waals surface area (Å²) in [5, 5.41) is 9.72. The molecular formula is C25H36N2O5S. The lowest BCUT2D eigenvalue weighted by molar-refractivity contribution is -0.129. The number of sulfonamides is 1. The number of fused-ring (bicyclic) bond motifs is 1. The molecule has 1 saturated carbocycles. The van der Waals surface area contributed by atoms with Crippen LogP contribution in [0.3, 0.4) is 0 Å². The lowest BCUT2D eigenvalue weighted by Gasteiger charge is -2.37. The molecule has 1 heterocycles. The Kier molecular flexibility index (Phi) is 8.43. The van der Waals surface area contributed by atoms with Crippen LogP contribution in [0.15, 0.2) is 23.1 Å². The minimum absolute atomic E-state index is 0.0616. The molecule has 3 atom stereocenters. The molecule has 7 nitrogen and oxygen atoms in total. The Labute approximate surface area is 198 Å². The van der Waals surface area contributed by atoms with E-state index < -0.39 is 22.2 Å². The van der Waals surface area contributed by atoms with Crippen LogP contribution >= 0.6 is 0 Å². The first kappa shape index (κ1) is 25.5. The van der Waals surface area contributed by atoms with Gasteiger partial charge < -0.3 is 14.7 Å². The maximum absolute atomic E-state index is 13.5. The average molecular weight is 477 g/mol. The fourth-order valence-electron chi connectivity index (χ4n) is 4.43. The molecule has 8 heteroatoms. The number of aliphatic hydroxyl groups is 1. The molecule has 33 heavy (non-hydrogen) atoms. The van der Waals surface area contributed by atoms with E-state index >= 15 is 0 Å². The van der Waals surface area contributed by atoms with Gasteiger partial charge in [0.2, 0.25) is 15.9 Å². The predicted molar refractivity (Wildman–Crippen MR) is 127 cm³/mol. The van der Waals surface area contributed by atoms with Crippen molar-refractivity contribution < 1.29 is 23.1 Å². The molecular weight excluding hydrogens is 440 g/mol. The van der Waals surface area contributed by atoms with E-state index in [0.717, 1.165) is 6.42 Å². The van der Waals surface area contributed by atoms with Gasteiger partial charge >= 0.3 is 0 Å². The lowest BCUT2D eigenvalue weighted by Crippen LogP contribution is -2.50. The molecule has 182 valence electrons. The number of hydrogen-bond acceptors (Lipinski definition) is 5. The number of aliphatic hydroxyl groups excluding tert-OH is 1. The number of ether oxygens (including phenoxy) is 1. The van der Waals surface area contributed by atoms with Gasteiger partial charge in [-0.2, -0.15) is 4.31 Å². The second kappa shape index (κ2) is 10.9. The van der Waals surface area contributed by atoms with Gasteiger partial charge in [0, 0.05) is 44.5 Å². The number of hydrogen-bond donors (Lipinski definition) is 1. The van der Waals surface area contributed by atoms with Gasteiger partial charge in [-0.1, -0.05) is 31.6 Å². The molecule has 3 rings (SSSR count). The highest BCUT2D eigenvalue weighted by molar-refractivity contribution is 7.89. The summed E-state index contributed by atoms with van der Waals surface area (Å²) in [6.07, 6.45) is 5.43. The molecule has 0 spiro atoms. The molecule has 1 N–H and O–H groups in total. The van der Waals surface area contributed by atoms with Gasteiger partial charge in [0.25, 0.3) is 0 Å². The van der Waals surface area contributed by atoms with Gasteiger partial charge in [0.15, 0.2) is 0 Å². The quantitative estimate of drug-likeness (QED) is 0.661. The van der Waals surface area contributed by atoms with Crippen molar-refractivity contribution in [3.8, 4) is 17.6 Å². The minimum atomic E-state index is -3.89. The first-order chi connectivity index (χ1) is 15.6. The van der Waals surface area contributed by atoms with Gasteiger partial charge in [-0.05, 0) is 43.9 Å². The van der Waals surface area contributed by atoms with Crippen molar-refractivity contribution in [2.24, 2.45) is 11.8 Å². The van der Waals surface area contributed by atoms with Crippen LogP contribution in [0.5, 0.6) is 5.75 Å². The Hall–Kier alpha value is -2.08. The first-order valence-electron chi connectivity index (χ1n) is 11.8. The molecule has 2 aliphatic rings. The average Bonchev–Trinajstić information content (AvgIpc) is 3.29. The fraction of sp³-hybridized carbons (Fsp3) is 0.640. The lowest BCUT2D eigenvalue weighted by atomic mass is 10.0. The molecule has 0 bridgehead atoms. The number of rotatable bonds is 5. The first-order valence-corrected chi connectivity index (χ1v) is 13.2. The van der Waals surface area contributed by atoms with Crippen LogP contribution in [0.4, 0.5) is 0 Å². The highest BCUT2D eigenvalue weighted by Gasteiger charge is 2.38. The van der Waals surface area contributed by atoms with E-state index in [9.17, 15) is 18.3 Å². The van der Waals surface area contributed by atoms with Crippen molar-refractivity contribution in [2.45, 2.75) is 69.9 Å². The van der Waals surface area contributed by atoms with Gasteiger partial charge in [-0.3, -0.25) is 4.79 Å². The monoisotopic (exact) mass is 476 g/mol. The molecule has 0 saturated heterocycles. The van der Waals surface area contributed by atoms with Gasteiger partial charge in [0.05, 0.1) is 13.2 Å². The third-order valence-electron chi connectivity index (χ3n) is 6.76. The van der Waals surface area contributed by atoms with Crippen LogP contribution in [0.25, 0.3) is 0 Å². The largest absolute Gasteiger partial charge is 0.487 e. The summed E-state index contributed by atoms with van der Waals surface area (Å²) in [4.78, 5) is 13.5. The van der Waals surface area contributed by atoms with Crippen molar-refractivity contribution in [1.29, 1.82) is 0 Å². The maximum atomic E-state index is 13.5. The van der Waals surface area contributed by atoms with E-state index in [1.807, 2.05) is 6.92 Å². The molecule has 1 aliphatic heterocycles. The third-order valence-corrected chi connectivity index (χ3v) is 8.78. The molecule has 0 radical (unpaired) electrons. The van der Waals surface area contributed by atoms with E-state index in [0.29, 0.717) is 18.0 Å². The number of carbonyl (C=O) groups is 1. The second-order valence-corrected chi connectivity index (χ2v) is 11.3. The number of carbonyl (C=O) groups excluding carboxylic acids is 1. The highest BCUT2D eigenvalue weighted by atomic mass is 32.2. The Morgan fingerprint density at radius 1 is 1.33 bits per heavy atom. The summed E-state index contributed by atoms with van der Waals surface area (Å²) in [6, 6.07) is 4.36. The zero-order valence-electron chi connectivity index (χ0n) is 20.1. The summed E-state index contributed by atoms with van der Waals surface area (Å²) >= 11 is 0. The molecule has 1 amide bonds. The SMILES string of the molecule is CC(=O)N(C)C[C@H]1Oc2cc(C#CCC3CCCC3)ccc2S(=O)(=O)N([C@@H](C)CO)C[C@H]1C. The normalized spacial score (nSPS) is 23.9.